The molecule has 1 heterocycles. The first-order valence-electron chi connectivity index (χ1n) is 6.49. The number of carbonyl (C=O) groups excluding carboxylic acids is 1. The van der Waals surface area contributed by atoms with E-state index in [2.05, 4.69) is 4.57 Å². The Morgan fingerprint density at radius 3 is 2.11 bits per heavy atom. The number of hydrogen-bond donors (Lipinski definition) is 0. The van der Waals surface area contributed by atoms with E-state index in [4.69, 9.17) is 0 Å². The van der Waals surface area contributed by atoms with Gasteiger partial charge in [-0.15, -0.1) is 0 Å². The van der Waals surface area contributed by atoms with Gasteiger partial charge in [0, 0.05) is 24.1 Å². The van der Waals surface area contributed by atoms with Crippen LogP contribution in [0.4, 0.5) is 5.69 Å². The van der Waals surface area contributed by atoms with Gasteiger partial charge in [-0.3, -0.25) is 4.79 Å². The minimum Gasteiger partial charge on any atom is -0.337 e. The van der Waals surface area contributed by atoms with Gasteiger partial charge >= 0.3 is 0 Å². The van der Waals surface area contributed by atoms with Crippen LogP contribution in [0.1, 0.15) is 24.4 Å². The zero-order valence-corrected chi connectivity index (χ0v) is 11.9. The Kier molecular flexibility index (Phi) is 3.74. The minimum absolute atomic E-state index is 0.0913. The molecule has 2 rings (SSSR count). The number of rotatable bonds is 3. The summed E-state index contributed by atoms with van der Waals surface area (Å²) >= 11 is 0. The molecule has 1 atom stereocenters. The first-order chi connectivity index (χ1) is 9.02. The highest BCUT2D eigenvalue weighted by molar-refractivity contribution is 5.95. The number of amides is 1. The topological polar surface area (TPSA) is 25.2 Å². The van der Waals surface area contributed by atoms with Crippen molar-refractivity contribution < 1.29 is 4.79 Å². The molecule has 0 N–H and O–H groups in total. The van der Waals surface area contributed by atoms with Crippen LogP contribution in [-0.4, -0.2) is 17.5 Å². The summed E-state index contributed by atoms with van der Waals surface area (Å²) in [5.41, 5.74) is 3.14. The van der Waals surface area contributed by atoms with E-state index in [1.165, 1.54) is 0 Å². The normalized spacial score (nSPS) is 12.2. The Balaban J connectivity index is 2.25. The minimum atomic E-state index is -0.194. The molecule has 3 nitrogen and oxygen atoms in total. The lowest BCUT2D eigenvalue weighted by Crippen LogP contribution is -2.33. The quantitative estimate of drug-likeness (QED) is 0.827. The number of aryl methyl sites for hydroxylation is 2. The van der Waals surface area contributed by atoms with Crippen LogP contribution in [0.15, 0.2) is 42.5 Å². The molecular weight excluding hydrogens is 236 g/mol. The number of anilines is 1. The molecule has 0 bridgehead atoms. The summed E-state index contributed by atoms with van der Waals surface area (Å²) in [6.07, 6.45) is 0. The Morgan fingerprint density at radius 2 is 1.58 bits per heavy atom. The standard InChI is InChI=1S/C16H20N2O/c1-12-10-11-13(2)18(12)14(3)16(19)17(4)15-8-6-5-7-9-15/h5-11,14H,1-4H3/t14-/m0/s1. The Bertz CT molecular complexity index is 552. The van der Waals surface area contributed by atoms with E-state index >= 15 is 0 Å². The predicted molar refractivity (Wildman–Crippen MR) is 78.5 cm³/mol. The average Bonchev–Trinajstić information content (AvgIpc) is 2.77. The molecule has 1 aromatic heterocycles. The van der Waals surface area contributed by atoms with Crippen LogP contribution in [0.5, 0.6) is 0 Å². The van der Waals surface area contributed by atoms with Crippen LogP contribution in [0.2, 0.25) is 0 Å². The fraction of sp³-hybridized carbons (Fsp3) is 0.312. The van der Waals surface area contributed by atoms with E-state index < -0.39 is 0 Å². The number of carbonyl (C=O) groups is 1. The van der Waals surface area contributed by atoms with Crippen molar-refractivity contribution in [1.82, 2.24) is 4.57 Å². The fourth-order valence-electron chi connectivity index (χ4n) is 2.46. The van der Waals surface area contributed by atoms with Gasteiger partial charge in [-0.2, -0.15) is 0 Å². The van der Waals surface area contributed by atoms with Gasteiger partial charge in [0.2, 0.25) is 5.91 Å². The lowest BCUT2D eigenvalue weighted by Gasteiger charge is -2.24. The second kappa shape index (κ2) is 5.31. The van der Waals surface area contributed by atoms with E-state index in [1.807, 2.05) is 70.3 Å². The van der Waals surface area contributed by atoms with E-state index in [1.54, 1.807) is 4.90 Å². The number of nitrogens with zero attached hydrogens (tertiary/aromatic N) is 2. The van der Waals surface area contributed by atoms with Crippen molar-refractivity contribution in [2.75, 3.05) is 11.9 Å². The number of para-hydroxylation sites is 1. The predicted octanol–water partition coefficient (Wildman–Crippen LogP) is 3.33. The van der Waals surface area contributed by atoms with Gasteiger partial charge in [0.25, 0.3) is 0 Å². The molecule has 3 heteroatoms. The maximum Gasteiger partial charge on any atom is 0.249 e. The van der Waals surface area contributed by atoms with Gasteiger partial charge in [0.15, 0.2) is 0 Å². The van der Waals surface area contributed by atoms with E-state index in [0.717, 1.165) is 17.1 Å². The van der Waals surface area contributed by atoms with Gasteiger partial charge in [-0.1, -0.05) is 18.2 Å². The zero-order valence-electron chi connectivity index (χ0n) is 11.9. The summed E-state index contributed by atoms with van der Waals surface area (Å²) in [7, 11) is 1.82. The Hall–Kier alpha value is -2.03. The number of aromatic nitrogens is 1. The highest BCUT2D eigenvalue weighted by atomic mass is 16.2. The summed E-state index contributed by atoms with van der Waals surface area (Å²) in [4.78, 5) is 14.3. The lowest BCUT2D eigenvalue weighted by molar-refractivity contribution is -0.121. The highest BCUT2D eigenvalue weighted by Gasteiger charge is 2.21. The maximum atomic E-state index is 12.6. The van der Waals surface area contributed by atoms with E-state index in [0.29, 0.717) is 0 Å². The van der Waals surface area contributed by atoms with Crippen molar-refractivity contribution in [2.24, 2.45) is 0 Å². The third-order valence-electron chi connectivity index (χ3n) is 3.54. The summed E-state index contributed by atoms with van der Waals surface area (Å²) in [6.45, 7) is 6.00. The molecule has 0 aliphatic heterocycles. The van der Waals surface area contributed by atoms with Gasteiger partial charge in [0.05, 0.1) is 0 Å². The smallest absolute Gasteiger partial charge is 0.249 e. The zero-order chi connectivity index (χ0) is 14.0. The first-order valence-corrected chi connectivity index (χ1v) is 6.49. The molecule has 0 radical (unpaired) electrons. The van der Waals surface area contributed by atoms with Gasteiger partial charge in [-0.25, -0.2) is 0 Å². The van der Waals surface area contributed by atoms with Crippen molar-refractivity contribution in [2.45, 2.75) is 26.8 Å². The molecule has 2 aromatic rings. The van der Waals surface area contributed by atoms with Crippen LogP contribution in [-0.2, 0) is 4.79 Å². The molecule has 1 aromatic carbocycles. The van der Waals surface area contributed by atoms with Crippen LogP contribution in [0.3, 0.4) is 0 Å². The second-order valence-electron chi connectivity index (χ2n) is 4.89. The second-order valence-corrected chi connectivity index (χ2v) is 4.89. The van der Waals surface area contributed by atoms with Crippen LogP contribution >= 0.6 is 0 Å². The summed E-state index contributed by atoms with van der Waals surface area (Å²) in [5, 5.41) is 0. The Labute approximate surface area is 114 Å². The summed E-state index contributed by atoms with van der Waals surface area (Å²) in [5.74, 6) is 0.0913. The van der Waals surface area contributed by atoms with Crippen molar-refractivity contribution >= 4 is 11.6 Å². The van der Waals surface area contributed by atoms with E-state index in [9.17, 15) is 4.79 Å². The Morgan fingerprint density at radius 1 is 1.05 bits per heavy atom. The maximum absolute atomic E-state index is 12.6. The molecule has 0 aliphatic carbocycles. The van der Waals surface area contributed by atoms with Crippen molar-refractivity contribution in [3.05, 3.63) is 53.9 Å². The van der Waals surface area contributed by atoms with Crippen molar-refractivity contribution in [1.29, 1.82) is 0 Å². The number of likely N-dealkylation sites (N-methyl/N-ethyl adjacent to an activating group) is 1. The van der Waals surface area contributed by atoms with Crippen molar-refractivity contribution in [3.63, 3.8) is 0 Å². The monoisotopic (exact) mass is 256 g/mol. The van der Waals surface area contributed by atoms with Gasteiger partial charge < -0.3 is 9.47 Å². The molecule has 1 amide bonds. The lowest BCUT2D eigenvalue weighted by atomic mass is 10.2. The largest absolute Gasteiger partial charge is 0.337 e. The highest BCUT2D eigenvalue weighted by Crippen LogP contribution is 2.20. The fourth-order valence-corrected chi connectivity index (χ4v) is 2.46. The molecular formula is C16H20N2O. The van der Waals surface area contributed by atoms with Crippen LogP contribution in [0.25, 0.3) is 0 Å². The SMILES string of the molecule is Cc1ccc(C)n1[C@@H](C)C(=O)N(C)c1ccccc1. The van der Waals surface area contributed by atoms with E-state index in [-0.39, 0.29) is 11.9 Å². The average molecular weight is 256 g/mol. The molecule has 0 unspecified atom stereocenters. The summed E-state index contributed by atoms with van der Waals surface area (Å²) < 4.78 is 2.07. The molecule has 0 fully saturated rings. The summed E-state index contributed by atoms with van der Waals surface area (Å²) in [6, 6.07) is 13.6. The third kappa shape index (κ3) is 2.55. The first kappa shape index (κ1) is 13.4. The van der Waals surface area contributed by atoms with Gasteiger partial charge in [0.1, 0.15) is 6.04 Å². The molecule has 0 aliphatic rings. The number of hydrogen-bond acceptors (Lipinski definition) is 1. The molecule has 19 heavy (non-hydrogen) atoms. The van der Waals surface area contributed by atoms with Crippen molar-refractivity contribution in [3.8, 4) is 0 Å². The third-order valence-corrected chi connectivity index (χ3v) is 3.54. The van der Waals surface area contributed by atoms with Crippen LogP contribution < -0.4 is 4.90 Å². The van der Waals surface area contributed by atoms with Crippen LogP contribution in [0, 0.1) is 13.8 Å². The number of benzene rings is 1. The molecule has 0 saturated carbocycles. The van der Waals surface area contributed by atoms with Gasteiger partial charge in [-0.05, 0) is 45.0 Å². The molecule has 100 valence electrons. The molecule has 0 saturated heterocycles. The molecule has 0 spiro atoms.